The normalized spacial score (nSPS) is 25.5. The lowest BCUT2D eigenvalue weighted by molar-refractivity contribution is 0.106. The van der Waals surface area contributed by atoms with Crippen LogP contribution in [-0.2, 0) is 14.6 Å². The van der Waals surface area contributed by atoms with E-state index in [1.807, 2.05) is 6.92 Å². The summed E-state index contributed by atoms with van der Waals surface area (Å²) < 4.78 is 29.8. The highest BCUT2D eigenvalue weighted by molar-refractivity contribution is 7.93. The summed E-state index contributed by atoms with van der Waals surface area (Å²) in [6.45, 7) is 1.97. The van der Waals surface area contributed by atoms with Crippen molar-refractivity contribution >= 4 is 9.84 Å². The molecule has 1 saturated heterocycles. The van der Waals surface area contributed by atoms with E-state index in [0.717, 1.165) is 6.42 Å². The molecular weight excluding hydrogens is 240 g/mol. The lowest BCUT2D eigenvalue weighted by Crippen LogP contribution is -2.38. The zero-order valence-corrected chi connectivity index (χ0v) is 10.5. The van der Waals surface area contributed by atoms with Gasteiger partial charge in [-0.3, -0.25) is 0 Å². The van der Waals surface area contributed by atoms with Gasteiger partial charge in [0.05, 0.1) is 11.5 Å². The van der Waals surface area contributed by atoms with Crippen LogP contribution in [0.1, 0.15) is 19.8 Å². The van der Waals surface area contributed by atoms with Crippen molar-refractivity contribution in [1.82, 2.24) is 0 Å². The van der Waals surface area contributed by atoms with Gasteiger partial charge in [-0.15, -0.1) is 0 Å². The minimum Gasteiger partial charge on any atom is -0.389 e. The van der Waals surface area contributed by atoms with Crippen LogP contribution in [0.5, 0.6) is 0 Å². The van der Waals surface area contributed by atoms with Gasteiger partial charge in [-0.2, -0.15) is 0 Å². The van der Waals surface area contributed by atoms with Crippen molar-refractivity contribution in [3.8, 4) is 0 Å². The van der Waals surface area contributed by atoms with E-state index in [1.54, 1.807) is 18.2 Å². The van der Waals surface area contributed by atoms with Crippen molar-refractivity contribution in [2.45, 2.75) is 35.7 Å². The maximum absolute atomic E-state index is 12.3. The number of aliphatic hydroxyl groups is 1. The highest BCUT2D eigenvalue weighted by atomic mass is 32.2. The molecule has 2 atom stereocenters. The van der Waals surface area contributed by atoms with E-state index in [2.05, 4.69) is 0 Å². The van der Waals surface area contributed by atoms with E-state index in [9.17, 15) is 13.5 Å². The molecule has 4 nitrogen and oxygen atoms in total. The Morgan fingerprint density at radius 1 is 1.41 bits per heavy atom. The number of hydrogen-bond acceptors (Lipinski definition) is 4. The largest absolute Gasteiger partial charge is 0.389 e. The van der Waals surface area contributed by atoms with Gasteiger partial charge >= 0.3 is 0 Å². The molecule has 1 fully saturated rings. The Kier molecular flexibility index (Phi) is 3.25. The van der Waals surface area contributed by atoms with Crippen molar-refractivity contribution in [2.75, 3.05) is 6.61 Å². The summed E-state index contributed by atoms with van der Waals surface area (Å²) in [6.07, 6.45) is 0.181. The monoisotopic (exact) mass is 256 g/mol. The number of sulfone groups is 1. The van der Waals surface area contributed by atoms with Crippen LogP contribution in [0, 0.1) is 0 Å². The Balaban J connectivity index is 2.34. The second-order valence-corrected chi connectivity index (χ2v) is 6.39. The fourth-order valence-corrected chi connectivity index (χ4v) is 3.65. The number of rotatable bonds is 5. The average molecular weight is 256 g/mol. The first kappa shape index (κ1) is 12.5. The van der Waals surface area contributed by atoms with Gasteiger partial charge in [0.25, 0.3) is 0 Å². The van der Waals surface area contributed by atoms with Crippen molar-refractivity contribution in [3.05, 3.63) is 30.3 Å². The Labute approximate surface area is 101 Å². The SMILES string of the molecule is CCC[C@H](O)[C@@]1(S(=O)(=O)c2ccccc2)CO1. The molecule has 1 aromatic rings. The smallest absolute Gasteiger partial charge is 0.222 e. The summed E-state index contributed by atoms with van der Waals surface area (Å²) in [5.41, 5.74) is 0. The van der Waals surface area contributed by atoms with Gasteiger partial charge in [-0.05, 0) is 18.6 Å². The second kappa shape index (κ2) is 4.40. The number of epoxide rings is 1. The van der Waals surface area contributed by atoms with E-state index < -0.39 is 20.9 Å². The number of benzene rings is 1. The van der Waals surface area contributed by atoms with Crippen molar-refractivity contribution < 1.29 is 18.3 Å². The molecule has 0 bridgehead atoms. The highest BCUT2D eigenvalue weighted by Gasteiger charge is 2.62. The quantitative estimate of drug-likeness (QED) is 0.807. The lowest BCUT2D eigenvalue weighted by Gasteiger charge is -2.18. The van der Waals surface area contributed by atoms with E-state index in [-0.39, 0.29) is 11.5 Å². The summed E-state index contributed by atoms with van der Waals surface area (Å²) in [5, 5.41) is 9.93. The summed E-state index contributed by atoms with van der Waals surface area (Å²) in [6, 6.07) is 8.13. The van der Waals surface area contributed by atoms with Crippen LogP contribution in [0.15, 0.2) is 35.2 Å². The minimum absolute atomic E-state index is 0.0748. The Hall–Kier alpha value is -0.910. The van der Waals surface area contributed by atoms with Crippen LogP contribution in [0.2, 0.25) is 0 Å². The van der Waals surface area contributed by atoms with Crippen LogP contribution in [0.4, 0.5) is 0 Å². The molecule has 5 heteroatoms. The maximum Gasteiger partial charge on any atom is 0.222 e. The van der Waals surface area contributed by atoms with Crippen molar-refractivity contribution in [3.63, 3.8) is 0 Å². The predicted octanol–water partition coefficient (Wildman–Crippen LogP) is 1.35. The molecule has 0 spiro atoms. The van der Waals surface area contributed by atoms with Crippen LogP contribution < -0.4 is 0 Å². The third-order valence-corrected chi connectivity index (χ3v) is 5.32. The Bertz CT molecular complexity index is 476. The van der Waals surface area contributed by atoms with Crippen LogP contribution >= 0.6 is 0 Å². The second-order valence-electron chi connectivity index (χ2n) is 4.22. The third-order valence-electron chi connectivity index (χ3n) is 3.01. The van der Waals surface area contributed by atoms with Gasteiger partial charge in [0.1, 0.15) is 6.10 Å². The van der Waals surface area contributed by atoms with Gasteiger partial charge in [0, 0.05) is 0 Å². The first-order chi connectivity index (χ1) is 8.04. The third kappa shape index (κ3) is 1.99. The molecule has 0 radical (unpaired) electrons. The topological polar surface area (TPSA) is 66.9 Å². The van der Waals surface area contributed by atoms with Crippen molar-refractivity contribution in [2.24, 2.45) is 0 Å². The van der Waals surface area contributed by atoms with Gasteiger partial charge in [-0.25, -0.2) is 8.42 Å². The average Bonchev–Trinajstić information content (AvgIpc) is 3.12. The summed E-state index contributed by atoms with van der Waals surface area (Å²) in [4.78, 5) is -1.21. The standard InChI is InChI=1S/C12H16O4S/c1-2-6-11(13)12(9-16-12)17(14,15)10-7-4-3-5-8-10/h3-5,7-8,11,13H,2,6,9H2,1H3/t11-,12-/m0/s1. The van der Waals surface area contributed by atoms with E-state index >= 15 is 0 Å². The Morgan fingerprint density at radius 2 is 2.00 bits per heavy atom. The summed E-state index contributed by atoms with van der Waals surface area (Å²) >= 11 is 0. The fraction of sp³-hybridized carbons (Fsp3) is 0.500. The number of hydrogen-bond donors (Lipinski definition) is 1. The molecule has 0 unspecified atom stereocenters. The maximum atomic E-state index is 12.3. The van der Waals surface area contributed by atoms with Crippen LogP contribution in [0.25, 0.3) is 0 Å². The van der Waals surface area contributed by atoms with Crippen molar-refractivity contribution in [1.29, 1.82) is 0 Å². The van der Waals surface area contributed by atoms with E-state index in [4.69, 9.17) is 4.74 Å². The minimum atomic E-state index is -3.62. The fourth-order valence-electron chi connectivity index (χ4n) is 1.89. The zero-order chi connectivity index (χ0) is 12.5. The van der Waals surface area contributed by atoms with Crippen LogP contribution in [-0.4, -0.2) is 31.2 Å². The molecule has 1 aliphatic rings. The summed E-state index contributed by atoms with van der Waals surface area (Å²) in [5.74, 6) is 0. The molecular formula is C12H16O4S. The molecule has 0 saturated carbocycles. The zero-order valence-electron chi connectivity index (χ0n) is 9.67. The first-order valence-corrected chi connectivity index (χ1v) is 7.14. The molecule has 0 amide bonds. The van der Waals surface area contributed by atoms with E-state index in [1.165, 1.54) is 12.1 Å². The van der Waals surface area contributed by atoms with Crippen LogP contribution in [0.3, 0.4) is 0 Å². The molecule has 1 N–H and O–H groups in total. The van der Waals surface area contributed by atoms with Gasteiger partial charge in [-0.1, -0.05) is 31.5 Å². The number of aliphatic hydroxyl groups excluding tert-OH is 1. The molecule has 2 rings (SSSR count). The molecule has 94 valence electrons. The predicted molar refractivity (Wildman–Crippen MR) is 63.2 cm³/mol. The van der Waals surface area contributed by atoms with Gasteiger partial charge in [0.15, 0.2) is 0 Å². The van der Waals surface area contributed by atoms with Gasteiger partial charge < -0.3 is 9.84 Å². The molecule has 0 aliphatic carbocycles. The molecule has 1 aromatic carbocycles. The highest BCUT2D eigenvalue weighted by Crippen LogP contribution is 2.42. The summed E-state index contributed by atoms with van der Waals surface area (Å²) in [7, 11) is -3.62. The molecule has 1 heterocycles. The van der Waals surface area contributed by atoms with E-state index in [0.29, 0.717) is 6.42 Å². The molecule has 17 heavy (non-hydrogen) atoms. The molecule has 1 aliphatic heterocycles. The lowest BCUT2D eigenvalue weighted by atomic mass is 10.1. The molecule has 0 aromatic heterocycles. The first-order valence-electron chi connectivity index (χ1n) is 5.66. The Morgan fingerprint density at radius 3 is 2.47 bits per heavy atom. The van der Waals surface area contributed by atoms with Gasteiger partial charge in [0.2, 0.25) is 14.8 Å². The number of ether oxygens (including phenoxy) is 1.